The number of hydrogen-bond donors (Lipinski definition) is 0. The number of nitrogens with zero attached hydrogens (tertiary/aromatic N) is 3. The van der Waals surface area contributed by atoms with Crippen LogP contribution >= 0.6 is 0 Å². The highest BCUT2D eigenvalue weighted by Gasteiger charge is 2.17. The van der Waals surface area contributed by atoms with E-state index in [-0.39, 0.29) is 5.82 Å². The van der Waals surface area contributed by atoms with E-state index in [1.165, 1.54) is 6.07 Å². The van der Waals surface area contributed by atoms with Crippen LogP contribution in [0.15, 0.2) is 24.3 Å². The highest BCUT2D eigenvalue weighted by Crippen LogP contribution is 2.29. The molecule has 3 nitrogen and oxygen atoms in total. The van der Waals surface area contributed by atoms with E-state index >= 15 is 0 Å². The Hall–Kier alpha value is -1.68. The number of rotatable bonds is 2. The van der Waals surface area contributed by atoms with Crippen molar-refractivity contribution in [3.63, 3.8) is 0 Å². The fourth-order valence-electron chi connectivity index (χ4n) is 3.11. The van der Waals surface area contributed by atoms with Gasteiger partial charge in [0, 0.05) is 36.4 Å². The molecule has 0 atom stereocenters. The smallest absolute Gasteiger partial charge is 0.149 e. The minimum Gasteiger partial charge on any atom is -0.370 e. The number of anilines is 1. The Kier molecular flexibility index (Phi) is 4.06. The highest BCUT2D eigenvalue weighted by molar-refractivity contribution is 5.92. The third-order valence-corrected chi connectivity index (χ3v) is 4.27. The molecule has 1 aromatic heterocycles. The Bertz CT molecular complexity index is 641. The molecule has 0 spiro atoms. The second kappa shape index (κ2) is 5.98. The van der Waals surface area contributed by atoms with Crippen LogP contribution in [0, 0.1) is 12.7 Å². The van der Waals surface area contributed by atoms with Crippen LogP contribution in [0.4, 0.5) is 10.1 Å². The largest absolute Gasteiger partial charge is 0.370 e. The van der Waals surface area contributed by atoms with E-state index in [9.17, 15) is 4.39 Å². The number of fused-ring (bicyclic) bond motifs is 1. The van der Waals surface area contributed by atoms with Gasteiger partial charge >= 0.3 is 0 Å². The summed E-state index contributed by atoms with van der Waals surface area (Å²) in [5, 5.41) is 0.922. The van der Waals surface area contributed by atoms with Gasteiger partial charge in [0.25, 0.3) is 0 Å². The van der Waals surface area contributed by atoms with Gasteiger partial charge in [0.1, 0.15) is 11.3 Å². The molecule has 1 aliphatic heterocycles. The molecule has 1 fully saturated rings. The summed E-state index contributed by atoms with van der Waals surface area (Å²) in [5.74, 6) is -0.234. The van der Waals surface area contributed by atoms with Crippen molar-refractivity contribution in [1.82, 2.24) is 9.88 Å². The van der Waals surface area contributed by atoms with Gasteiger partial charge in [0.15, 0.2) is 0 Å². The second-order valence-corrected chi connectivity index (χ2v) is 5.69. The average Bonchev–Trinajstić information content (AvgIpc) is 2.73. The number of aryl methyl sites for hydroxylation is 1. The van der Waals surface area contributed by atoms with E-state index in [1.54, 1.807) is 6.07 Å². The summed E-state index contributed by atoms with van der Waals surface area (Å²) in [5.41, 5.74) is 2.48. The van der Waals surface area contributed by atoms with Crippen molar-refractivity contribution in [3.8, 4) is 0 Å². The van der Waals surface area contributed by atoms with Crippen molar-refractivity contribution >= 4 is 16.6 Å². The standard InChI is InChI=1S/C17H22FN3/c1-3-20-8-5-9-21(11-10-20)16-12-13(2)19-17-14(16)6-4-7-15(17)18/h4,6-7,12H,3,5,8-11H2,1-2H3. The predicted molar refractivity (Wildman–Crippen MR) is 85.4 cm³/mol. The van der Waals surface area contributed by atoms with Crippen LogP contribution in [0.3, 0.4) is 0 Å². The normalized spacial score (nSPS) is 17.2. The Labute approximate surface area is 125 Å². The van der Waals surface area contributed by atoms with Gasteiger partial charge < -0.3 is 9.80 Å². The zero-order valence-corrected chi connectivity index (χ0v) is 12.8. The maximum absolute atomic E-state index is 14.0. The number of aromatic nitrogens is 1. The molecule has 21 heavy (non-hydrogen) atoms. The van der Waals surface area contributed by atoms with Crippen molar-refractivity contribution in [3.05, 3.63) is 35.8 Å². The number of likely N-dealkylation sites (N-methyl/N-ethyl adjacent to an activating group) is 1. The first-order valence-corrected chi connectivity index (χ1v) is 7.72. The second-order valence-electron chi connectivity index (χ2n) is 5.69. The van der Waals surface area contributed by atoms with Gasteiger partial charge in [-0.3, -0.25) is 0 Å². The zero-order chi connectivity index (χ0) is 14.8. The van der Waals surface area contributed by atoms with Gasteiger partial charge in [-0.2, -0.15) is 0 Å². The third-order valence-electron chi connectivity index (χ3n) is 4.27. The molecule has 3 rings (SSSR count). The molecule has 4 heteroatoms. The maximum atomic E-state index is 14.0. The molecule has 1 aliphatic rings. The minimum atomic E-state index is -0.234. The van der Waals surface area contributed by atoms with E-state index in [2.05, 4.69) is 27.8 Å². The number of benzene rings is 1. The van der Waals surface area contributed by atoms with Gasteiger partial charge in [0.05, 0.1) is 0 Å². The average molecular weight is 287 g/mol. The molecule has 2 aromatic rings. The molecular formula is C17H22FN3. The quantitative estimate of drug-likeness (QED) is 0.845. The van der Waals surface area contributed by atoms with Crippen LogP contribution in [-0.2, 0) is 0 Å². The molecule has 0 bridgehead atoms. The van der Waals surface area contributed by atoms with Crippen LogP contribution in [0.1, 0.15) is 19.0 Å². The van der Waals surface area contributed by atoms with Gasteiger partial charge in [-0.05, 0) is 38.6 Å². The van der Waals surface area contributed by atoms with E-state index in [4.69, 9.17) is 0 Å². The molecule has 0 aliphatic carbocycles. The Morgan fingerprint density at radius 3 is 2.86 bits per heavy atom. The lowest BCUT2D eigenvalue weighted by Crippen LogP contribution is -2.30. The molecular weight excluding hydrogens is 265 g/mol. The first-order valence-electron chi connectivity index (χ1n) is 7.72. The first kappa shape index (κ1) is 14.3. The van der Waals surface area contributed by atoms with Crippen molar-refractivity contribution < 1.29 is 4.39 Å². The summed E-state index contributed by atoms with van der Waals surface area (Å²) >= 11 is 0. The minimum absolute atomic E-state index is 0.234. The van der Waals surface area contributed by atoms with Crippen molar-refractivity contribution in [2.45, 2.75) is 20.3 Å². The molecule has 1 aromatic carbocycles. The number of para-hydroxylation sites is 1. The van der Waals surface area contributed by atoms with Crippen molar-refractivity contribution in [2.24, 2.45) is 0 Å². The van der Waals surface area contributed by atoms with E-state index in [1.807, 2.05) is 13.0 Å². The maximum Gasteiger partial charge on any atom is 0.149 e. The molecule has 0 saturated carbocycles. The number of halogens is 1. The van der Waals surface area contributed by atoms with E-state index in [0.717, 1.165) is 55.9 Å². The summed E-state index contributed by atoms with van der Waals surface area (Å²) in [7, 11) is 0. The lowest BCUT2D eigenvalue weighted by molar-refractivity contribution is 0.310. The van der Waals surface area contributed by atoms with Crippen molar-refractivity contribution in [1.29, 1.82) is 0 Å². The van der Waals surface area contributed by atoms with Gasteiger partial charge in [-0.15, -0.1) is 0 Å². The molecule has 0 radical (unpaired) electrons. The summed E-state index contributed by atoms with van der Waals surface area (Å²) in [4.78, 5) is 9.22. The number of pyridine rings is 1. The summed E-state index contributed by atoms with van der Waals surface area (Å²) in [6.45, 7) is 9.45. The van der Waals surface area contributed by atoms with Gasteiger partial charge in [-0.1, -0.05) is 19.1 Å². The molecule has 112 valence electrons. The van der Waals surface area contributed by atoms with Crippen molar-refractivity contribution in [2.75, 3.05) is 37.6 Å². The fraction of sp³-hybridized carbons (Fsp3) is 0.471. The molecule has 1 saturated heterocycles. The molecule has 0 amide bonds. The van der Waals surface area contributed by atoms with Crippen LogP contribution in [0.5, 0.6) is 0 Å². The van der Waals surface area contributed by atoms with Crippen LogP contribution in [0.25, 0.3) is 10.9 Å². The monoisotopic (exact) mass is 287 g/mol. The first-order chi connectivity index (χ1) is 10.2. The van der Waals surface area contributed by atoms with Crippen LogP contribution in [0.2, 0.25) is 0 Å². The van der Waals surface area contributed by atoms with Gasteiger partial charge in [0.2, 0.25) is 0 Å². The van der Waals surface area contributed by atoms with Crippen LogP contribution in [-0.4, -0.2) is 42.6 Å². The lowest BCUT2D eigenvalue weighted by Gasteiger charge is -2.25. The zero-order valence-electron chi connectivity index (χ0n) is 12.8. The predicted octanol–water partition coefficient (Wildman–Crippen LogP) is 3.21. The Balaban J connectivity index is 2.01. The molecule has 2 heterocycles. The van der Waals surface area contributed by atoms with E-state index in [0.29, 0.717) is 5.52 Å². The Morgan fingerprint density at radius 2 is 2.05 bits per heavy atom. The highest BCUT2D eigenvalue weighted by atomic mass is 19.1. The third kappa shape index (κ3) is 2.86. The Morgan fingerprint density at radius 1 is 1.19 bits per heavy atom. The topological polar surface area (TPSA) is 19.4 Å². The SMILES string of the molecule is CCN1CCCN(c2cc(C)nc3c(F)cccc23)CC1. The van der Waals surface area contributed by atoms with Crippen LogP contribution < -0.4 is 4.90 Å². The molecule has 0 N–H and O–H groups in total. The van der Waals surface area contributed by atoms with Gasteiger partial charge in [-0.25, -0.2) is 9.37 Å². The number of hydrogen-bond acceptors (Lipinski definition) is 3. The summed E-state index contributed by atoms with van der Waals surface area (Å²) in [6.07, 6.45) is 1.14. The molecule has 0 unspecified atom stereocenters. The van der Waals surface area contributed by atoms with E-state index < -0.39 is 0 Å². The fourth-order valence-corrected chi connectivity index (χ4v) is 3.11. The summed E-state index contributed by atoms with van der Waals surface area (Å²) in [6, 6.07) is 7.32. The summed E-state index contributed by atoms with van der Waals surface area (Å²) < 4.78 is 14.0. The lowest BCUT2D eigenvalue weighted by atomic mass is 10.1.